The van der Waals surface area contributed by atoms with Gasteiger partial charge in [0, 0.05) is 49.2 Å². The zero-order chi connectivity index (χ0) is 17.8. The lowest BCUT2D eigenvalue weighted by Crippen LogP contribution is -2.25. The number of hydrogen-bond acceptors (Lipinski definition) is 4. The van der Waals surface area contributed by atoms with Gasteiger partial charge < -0.3 is 14.9 Å². The molecule has 0 atom stereocenters. The van der Waals surface area contributed by atoms with Crippen molar-refractivity contribution in [1.29, 1.82) is 0 Å². The van der Waals surface area contributed by atoms with Crippen LogP contribution < -0.4 is 4.90 Å². The molecule has 4 heterocycles. The number of aryl methyl sites for hydroxylation is 1. The zero-order valence-electron chi connectivity index (χ0n) is 15.1. The third-order valence-corrected chi connectivity index (χ3v) is 4.68. The lowest BCUT2D eigenvalue weighted by Gasteiger charge is -2.22. The summed E-state index contributed by atoms with van der Waals surface area (Å²) in [5.74, 6) is 0.866. The Bertz CT molecular complexity index is 915. The van der Waals surface area contributed by atoms with Crippen molar-refractivity contribution < 1.29 is 0 Å². The highest BCUT2D eigenvalue weighted by atomic mass is 15.1. The second-order valence-corrected chi connectivity index (χ2v) is 6.63. The Kier molecular flexibility index (Phi) is 4.82. The van der Waals surface area contributed by atoms with Crippen LogP contribution in [0, 0.1) is 6.92 Å². The molecule has 3 aromatic rings. The van der Waals surface area contributed by atoms with E-state index in [4.69, 9.17) is 0 Å². The largest absolute Gasteiger partial charge is 0.362 e. The fraction of sp³-hybridized carbons (Fsp3) is 0.350. The molecule has 0 saturated carbocycles. The van der Waals surface area contributed by atoms with Crippen LogP contribution in [0.15, 0.2) is 41.8 Å². The molecule has 1 aliphatic rings. The Morgan fingerprint density at radius 2 is 2.08 bits per heavy atom. The van der Waals surface area contributed by atoms with Gasteiger partial charge in [0.05, 0.1) is 17.6 Å². The summed E-state index contributed by atoms with van der Waals surface area (Å²) < 4.78 is 0. The number of rotatable bonds is 2. The molecular formula is C20H24N6. The first-order valence-corrected chi connectivity index (χ1v) is 9.19. The molecule has 2 N–H and O–H groups in total. The third-order valence-electron chi connectivity index (χ3n) is 4.68. The van der Waals surface area contributed by atoms with Crippen molar-refractivity contribution in [3.05, 3.63) is 42.5 Å². The molecule has 0 fully saturated rings. The monoisotopic (exact) mass is 348 g/mol. The quantitative estimate of drug-likeness (QED) is 0.690. The van der Waals surface area contributed by atoms with Crippen molar-refractivity contribution in [3.63, 3.8) is 0 Å². The number of anilines is 1. The average Bonchev–Trinajstić information content (AvgIpc) is 3.25. The van der Waals surface area contributed by atoms with E-state index in [-0.39, 0.29) is 0 Å². The topological polar surface area (TPSA) is 73.0 Å². The van der Waals surface area contributed by atoms with Gasteiger partial charge in [-0.1, -0.05) is 12.2 Å². The Balaban J connectivity index is 1.77. The normalized spacial score (nSPS) is 17.3. The summed E-state index contributed by atoms with van der Waals surface area (Å²) in [6.45, 7) is 4.56. The van der Waals surface area contributed by atoms with E-state index in [1.165, 1.54) is 6.42 Å². The number of fused-ring (bicyclic) bond motifs is 1. The van der Waals surface area contributed by atoms with Crippen LogP contribution in [0.2, 0.25) is 0 Å². The van der Waals surface area contributed by atoms with Gasteiger partial charge in [0.1, 0.15) is 11.5 Å². The number of aliphatic imine (C=N–C) groups is 1. The second kappa shape index (κ2) is 7.56. The first-order chi connectivity index (χ1) is 12.8. The molecule has 4 rings (SSSR count). The third kappa shape index (κ3) is 3.40. The van der Waals surface area contributed by atoms with E-state index in [0.717, 1.165) is 66.3 Å². The number of aromatic nitrogens is 4. The number of imidazole rings is 1. The number of pyridine rings is 1. The van der Waals surface area contributed by atoms with Crippen LogP contribution in [0.25, 0.3) is 22.4 Å². The van der Waals surface area contributed by atoms with Crippen LogP contribution >= 0.6 is 0 Å². The molecule has 0 amide bonds. The highest BCUT2D eigenvalue weighted by Crippen LogP contribution is 2.33. The predicted octanol–water partition coefficient (Wildman–Crippen LogP) is 3.88. The van der Waals surface area contributed by atoms with Gasteiger partial charge in [0.25, 0.3) is 0 Å². The highest BCUT2D eigenvalue weighted by Gasteiger charge is 2.17. The van der Waals surface area contributed by atoms with Gasteiger partial charge in [-0.05, 0) is 32.3 Å². The Hall–Kier alpha value is -2.89. The first kappa shape index (κ1) is 16.6. The molecule has 0 unspecified atom stereocenters. The van der Waals surface area contributed by atoms with Gasteiger partial charge in [-0.25, -0.2) is 9.97 Å². The van der Waals surface area contributed by atoms with Gasteiger partial charge in [0.15, 0.2) is 0 Å². The molecule has 6 heteroatoms. The SMILES string of the molecule is Cc1cnc(-c2c[nH]c3nccc(N4CC=NCCCC/C=C/C4)c23)[nH]1. The number of nitrogens with one attached hydrogen (secondary N) is 2. The lowest BCUT2D eigenvalue weighted by molar-refractivity contribution is 0.760. The maximum Gasteiger partial charge on any atom is 0.140 e. The molecule has 0 spiro atoms. The number of aromatic amines is 2. The molecule has 0 aliphatic carbocycles. The molecular weight excluding hydrogens is 324 g/mol. The molecule has 0 radical (unpaired) electrons. The summed E-state index contributed by atoms with van der Waals surface area (Å²) >= 11 is 0. The van der Waals surface area contributed by atoms with Crippen LogP contribution in [0.4, 0.5) is 5.69 Å². The van der Waals surface area contributed by atoms with Crippen LogP contribution in [0.5, 0.6) is 0 Å². The fourth-order valence-corrected chi connectivity index (χ4v) is 3.34. The van der Waals surface area contributed by atoms with Gasteiger partial charge in [-0.15, -0.1) is 0 Å². The number of allylic oxidation sites excluding steroid dienone is 1. The second-order valence-electron chi connectivity index (χ2n) is 6.63. The van der Waals surface area contributed by atoms with Crippen molar-refractivity contribution >= 4 is 22.9 Å². The Morgan fingerprint density at radius 3 is 2.96 bits per heavy atom. The maximum absolute atomic E-state index is 4.57. The summed E-state index contributed by atoms with van der Waals surface area (Å²) in [6, 6.07) is 2.08. The van der Waals surface area contributed by atoms with E-state index in [9.17, 15) is 0 Å². The predicted molar refractivity (Wildman–Crippen MR) is 107 cm³/mol. The molecule has 1 aliphatic heterocycles. The molecule has 26 heavy (non-hydrogen) atoms. The van der Waals surface area contributed by atoms with Gasteiger partial charge >= 0.3 is 0 Å². The van der Waals surface area contributed by atoms with E-state index >= 15 is 0 Å². The molecule has 0 bridgehead atoms. The molecule has 6 nitrogen and oxygen atoms in total. The van der Waals surface area contributed by atoms with E-state index in [1.807, 2.05) is 31.7 Å². The number of nitrogens with zero attached hydrogens (tertiary/aromatic N) is 4. The molecule has 3 aromatic heterocycles. The first-order valence-electron chi connectivity index (χ1n) is 9.19. The van der Waals surface area contributed by atoms with Crippen molar-refractivity contribution in [1.82, 2.24) is 19.9 Å². The smallest absolute Gasteiger partial charge is 0.140 e. The van der Waals surface area contributed by atoms with Gasteiger partial charge in [-0.3, -0.25) is 4.99 Å². The summed E-state index contributed by atoms with van der Waals surface area (Å²) in [7, 11) is 0. The van der Waals surface area contributed by atoms with Gasteiger partial charge in [0.2, 0.25) is 0 Å². The summed E-state index contributed by atoms with van der Waals surface area (Å²) in [4.78, 5) is 22.5. The summed E-state index contributed by atoms with van der Waals surface area (Å²) in [5.41, 5.74) is 4.12. The minimum Gasteiger partial charge on any atom is -0.362 e. The van der Waals surface area contributed by atoms with Crippen molar-refractivity contribution in [2.24, 2.45) is 4.99 Å². The lowest BCUT2D eigenvalue weighted by atomic mass is 10.1. The van der Waals surface area contributed by atoms with Crippen LogP contribution in [-0.2, 0) is 0 Å². The van der Waals surface area contributed by atoms with E-state index in [0.29, 0.717) is 0 Å². The van der Waals surface area contributed by atoms with Crippen LogP contribution in [-0.4, -0.2) is 45.8 Å². The van der Waals surface area contributed by atoms with Gasteiger partial charge in [-0.2, -0.15) is 0 Å². The minimum absolute atomic E-state index is 0.783. The summed E-state index contributed by atoms with van der Waals surface area (Å²) in [5, 5.41) is 1.10. The van der Waals surface area contributed by atoms with E-state index in [1.54, 1.807) is 0 Å². The standard InChI is InChI=1S/C20H24N6/c1-15-13-23-19(25-15)16-14-24-20-18(16)17(7-9-22-20)26-11-6-4-2-3-5-8-21-10-12-26/h4,6-7,9-10,13-14H,2-3,5,8,11-12H2,1H3,(H,22,24)(H,23,25)/b6-4+,21-10?. The number of hydrogen-bond donors (Lipinski definition) is 2. The van der Waals surface area contributed by atoms with Crippen molar-refractivity contribution in [2.45, 2.75) is 26.2 Å². The van der Waals surface area contributed by atoms with E-state index in [2.05, 4.69) is 48.0 Å². The number of H-pyrrole nitrogens is 2. The summed E-state index contributed by atoms with van der Waals surface area (Å²) in [6.07, 6.45) is 15.7. The Labute approximate surface area is 153 Å². The van der Waals surface area contributed by atoms with Crippen LogP contribution in [0.1, 0.15) is 25.0 Å². The fourth-order valence-electron chi connectivity index (χ4n) is 3.34. The highest BCUT2D eigenvalue weighted by molar-refractivity contribution is 6.01. The van der Waals surface area contributed by atoms with Crippen molar-refractivity contribution in [2.75, 3.05) is 24.5 Å². The molecule has 0 saturated heterocycles. The molecule has 134 valence electrons. The maximum atomic E-state index is 4.57. The average molecular weight is 348 g/mol. The Morgan fingerprint density at radius 1 is 1.12 bits per heavy atom. The van der Waals surface area contributed by atoms with E-state index < -0.39 is 0 Å². The minimum atomic E-state index is 0.783. The van der Waals surface area contributed by atoms with Crippen molar-refractivity contribution in [3.8, 4) is 11.4 Å². The van der Waals surface area contributed by atoms with Crippen LogP contribution in [0.3, 0.4) is 0 Å². The zero-order valence-corrected chi connectivity index (χ0v) is 15.1. The molecule has 0 aromatic carbocycles.